The van der Waals surface area contributed by atoms with E-state index in [0.717, 1.165) is 12.3 Å². The molecule has 0 saturated carbocycles. The van der Waals surface area contributed by atoms with Gasteiger partial charge in [-0.2, -0.15) is 18.2 Å². The number of pyridine rings is 1. The van der Waals surface area contributed by atoms with Crippen LogP contribution in [-0.2, 0) is 6.18 Å². The standard InChI is InChI=1S/C11H11F3N4O/c1-2-7(15)9-17-10(19-18-9)8-4-3-6(5-16-8)11(12,13)14/h3-5,7H,2,15H2,1H3. The molecule has 0 radical (unpaired) electrons. The van der Waals surface area contributed by atoms with E-state index in [9.17, 15) is 13.2 Å². The highest BCUT2D eigenvalue weighted by molar-refractivity contribution is 5.46. The zero-order valence-electron chi connectivity index (χ0n) is 9.98. The third-order valence-corrected chi connectivity index (χ3v) is 2.52. The van der Waals surface area contributed by atoms with Crippen LogP contribution in [0.5, 0.6) is 0 Å². The molecule has 0 fully saturated rings. The number of nitrogens with zero attached hydrogens (tertiary/aromatic N) is 3. The monoisotopic (exact) mass is 272 g/mol. The molecule has 2 rings (SSSR count). The van der Waals surface area contributed by atoms with Gasteiger partial charge in [-0.05, 0) is 18.6 Å². The Bertz CT molecular complexity index is 550. The fraction of sp³-hybridized carbons (Fsp3) is 0.364. The molecule has 8 heteroatoms. The van der Waals surface area contributed by atoms with Crippen molar-refractivity contribution in [1.29, 1.82) is 0 Å². The van der Waals surface area contributed by atoms with Crippen molar-refractivity contribution in [2.45, 2.75) is 25.6 Å². The molecule has 0 aliphatic rings. The van der Waals surface area contributed by atoms with Crippen molar-refractivity contribution < 1.29 is 17.7 Å². The molecule has 1 atom stereocenters. The molecule has 0 aliphatic heterocycles. The summed E-state index contributed by atoms with van der Waals surface area (Å²) in [6, 6.07) is 1.72. The molecule has 2 heterocycles. The van der Waals surface area contributed by atoms with Crippen LogP contribution in [0.15, 0.2) is 22.9 Å². The maximum absolute atomic E-state index is 12.4. The average molecular weight is 272 g/mol. The maximum atomic E-state index is 12.4. The van der Waals surface area contributed by atoms with Crippen molar-refractivity contribution in [3.63, 3.8) is 0 Å². The molecule has 2 aromatic heterocycles. The summed E-state index contributed by atoms with van der Waals surface area (Å²) in [7, 11) is 0. The molecule has 0 aromatic carbocycles. The first-order valence-corrected chi connectivity index (χ1v) is 5.54. The largest absolute Gasteiger partial charge is 0.417 e. The van der Waals surface area contributed by atoms with Gasteiger partial charge in [-0.3, -0.25) is 4.98 Å². The SMILES string of the molecule is CCC(N)c1noc(-c2ccc(C(F)(F)F)cn2)n1. The third-order valence-electron chi connectivity index (χ3n) is 2.52. The predicted octanol–water partition coefficient (Wildman–Crippen LogP) is 2.56. The van der Waals surface area contributed by atoms with Crippen LogP contribution in [0.1, 0.15) is 30.8 Å². The molecular formula is C11H11F3N4O. The second kappa shape index (κ2) is 4.96. The number of nitrogens with two attached hydrogens (primary N) is 1. The Balaban J connectivity index is 2.25. The number of halogens is 3. The van der Waals surface area contributed by atoms with Crippen LogP contribution < -0.4 is 5.73 Å². The van der Waals surface area contributed by atoms with Crippen LogP contribution in [0, 0.1) is 0 Å². The second-order valence-corrected chi connectivity index (χ2v) is 3.90. The van der Waals surface area contributed by atoms with E-state index in [4.69, 9.17) is 10.3 Å². The number of rotatable bonds is 3. The summed E-state index contributed by atoms with van der Waals surface area (Å²) in [5.74, 6) is 0.354. The number of hydrogen-bond acceptors (Lipinski definition) is 5. The first-order valence-electron chi connectivity index (χ1n) is 5.54. The topological polar surface area (TPSA) is 77.8 Å². The van der Waals surface area contributed by atoms with Gasteiger partial charge in [0.15, 0.2) is 5.82 Å². The van der Waals surface area contributed by atoms with E-state index in [1.54, 1.807) is 0 Å². The Morgan fingerprint density at radius 3 is 2.63 bits per heavy atom. The summed E-state index contributed by atoms with van der Waals surface area (Å²) in [4.78, 5) is 7.65. The number of hydrogen-bond donors (Lipinski definition) is 1. The third kappa shape index (κ3) is 2.90. The molecular weight excluding hydrogens is 261 g/mol. The molecule has 5 nitrogen and oxygen atoms in total. The normalized spacial score (nSPS) is 13.5. The van der Waals surface area contributed by atoms with Crippen molar-refractivity contribution in [2.24, 2.45) is 5.73 Å². The lowest BCUT2D eigenvalue weighted by molar-refractivity contribution is -0.137. The Labute approximate surface area is 106 Å². The summed E-state index contributed by atoms with van der Waals surface area (Å²) in [5, 5.41) is 3.66. The molecule has 0 amide bonds. The summed E-state index contributed by atoms with van der Waals surface area (Å²) in [5.41, 5.74) is 5.06. The van der Waals surface area contributed by atoms with Gasteiger partial charge in [-0.15, -0.1) is 0 Å². The number of alkyl halides is 3. The fourth-order valence-corrected chi connectivity index (χ4v) is 1.36. The molecule has 102 valence electrons. The van der Waals surface area contributed by atoms with Gasteiger partial charge in [-0.25, -0.2) is 0 Å². The van der Waals surface area contributed by atoms with Crippen molar-refractivity contribution in [3.05, 3.63) is 29.7 Å². The quantitative estimate of drug-likeness (QED) is 0.929. The lowest BCUT2D eigenvalue weighted by Crippen LogP contribution is -2.10. The van der Waals surface area contributed by atoms with Gasteiger partial charge in [0.2, 0.25) is 0 Å². The molecule has 0 spiro atoms. The summed E-state index contributed by atoms with van der Waals surface area (Å²) in [6.07, 6.45) is -3.07. The average Bonchev–Trinajstić information content (AvgIpc) is 2.86. The minimum atomic E-state index is -4.42. The Morgan fingerprint density at radius 1 is 1.37 bits per heavy atom. The van der Waals surface area contributed by atoms with Crippen LogP contribution >= 0.6 is 0 Å². The summed E-state index contributed by atoms with van der Waals surface area (Å²) < 4.78 is 42.0. The molecule has 2 N–H and O–H groups in total. The van der Waals surface area contributed by atoms with Crippen LogP contribution in [0.25, 0.3) is 11.6 Å². The van der Waals surface area contributed by atoms with E-state index in [2.05, 4.69) is 15.1 Å². The molecule has 0 aliphatic carbocycles. The minimum Gasteiger partial charge on any atom is -0.332 e. The first kappa shape index (κ1) is 13.5. The maximum Gasteiger partial charge on any atom is 0.417 e. The van der Waals surface area contributed by atoms with Gasteiger partial charge < -0.3 is 10.3 Å². The van der Waals surface area contributed by atoms with Crippen molar-refractivity contribution in [1.82, 2.24) is 15.1 Å². The van der Waals surface area contributed by atoms with Crippen LogP contribution in [0.3, 0.4) is 0 Å². The lowest BCUT2D eigenvalue weighted by Gasteiger charge is -2.05. The van der Waals surface area contributed by atoms with E-state index in [1.807, 2.05) is 6.92 Å². The van der Waals surface area contributed by atoms with Gasteiger partial charge in [0.1, 0.15) is 5.69 Å². The van der Waals surface area contributed by atoms with Crippen molar-refractivity contribution >= 4 is 0 Å². The highest BCUT2D eigenvalue weighted by atomic mass is 19.4. The highest BCUT2D eigenvalue weighted by Crippen LogP contribution is 2.29. The van der Waals surface area contributed by atoms with Gasteiger partial charge in [0.25, 0.3) is 5.89 Å². The summed E-state index contributed by atoms with van der Waals surface area (Å²) in [6.45, 7) is 1.86. The smallest absolute Gasteiger partial charge is 0.332 e. The van der Waals surface area contributed by atoms with Gasteiger partial charge in [0.05, 0.1) is 11.6 Å². The van der Waals surface area contributed by atoms with Crippen LogP contribution in [0.4, 0.5) is 13.2 Å². The Kier molecular flexibility index (Phi) is 3.52. The number of aromatic nitrogens is 3. The highest BCUT2D eigenvalue weighted by Gasteiger charge is 2.31. The second-order valence-electron chi connectivity index (χ2n) is 3.90. The van der Waals surface area contributed by atoms with E-state index in [-0.39, 0.29) is 17.6 Å². The lowest BCUT2D eigenvalue weighted by atomic mass is 10.2. The van der Waals surface area contributed by atoms with E-state index in [0.29, 0.717) is 12.2 Å². The molecule has 2 aromatic rings. The fourth-order valence-electron chi connectivity index (χ4n) is 1.36. The van der Waals surface area contributed by atoms with E-state index >= 15 is 0 Å². The van der Waals surface area contributed by atoms with Gasteiger partial charge in [0, 0.05) is 6.20 Å². The van der Waals surface area contributed by atoms with Gasteiger partial charge in [-0.1, -0.05) is 12.1 Å². The molecule has 1 unspecified atom stereocenters. The summed E-state index contributed by atoms with van der Waals surface area (Å²) >= 11 is 0. The van der Waals surface area contributed by atoms with Crippen molar-refractivity contribution in [3.8, 4) is 11.6 Å². The zero-order chi connectivity index (χ0) is 14.0. The van der Waals surface area contributed by atoms with Crippen LogP contribution in [-0.4, -0.2) is 15.1 Å². The Hall–Kier alpha value is -1.96. The first-order chi connectivity index (χ1) is 8.91. The van der Waals surface area contributed by atoms with Crippen LogP contribution in [0.2, 0.25) is 0 Å². The molecule has 19 heavy (non-hydrogen) atoms. The van der Waals surface area contributed by atoms with Crippen molar-refractivity contribution in [2.75, 3.05) is 0 Å². The van der Waals surface area contributed by atoms with E-state index < -0.39 is 11.7 Å². The molecule has 0 bridgehead atoms. The minimum absolute atomic E-state index is 0.0487. The van der Waals surface area contributed by atoms with Gasteiger partial charge >= 0.3 is 6.18 Å². The zero-order valence-corrected chi connectivity index (χ0v) is 9.98. The predicted molar refractivity (Wildman–Crippen MR) is 59.8 cm³/mol. The molecule has 0 saturated heterocycles. The van der Waals surface area contributed by atoms with E-state index in [1.165, 1.54) is 6.07 Å². The Morgan fingerprint density at radius 2 is 2.11 bits per heavy atom.